The van der Waals surface area contributed by atoms with Gasteiger partial charge in [0, 0.05) is 5.38 Å². The van der Waals surface area contributed by atoms with Gasteiger partial charge in [-0.1, -0.05) is 6.07 Å². The second kappa shape index (κ2) is 3.29. The smallest absolute Gasteiger partial charge is 0.194 e. The summed E-state index contributed by atoms with van der Waals surface area (Å²) in [6.45, 7) is 0. The molecule has 0 unspecified atom stereocenters. The third kappa shape index (κ3) is 1.24. The van der Waals surface area contributed by atoms with Gasteiger partial charge in [0.2, 0.25) is 0 Å². The van der Waals surface area contributed by atoms with Gasteiger partial charge in [0.05, 0.1) is 16.8 Å². The Bertz CT molecular complexity index is 606. The van der Waals surface area contributed by atoms with Crippen LogP contribution in [0.3, 0.4) is 0 Å². The maximum Gasteiger partial charge on any atom is 0.194 e. The molecule has 3 nitrogen and oxygen atoms in total. The van der Waals surface area contributed by atoms with Crippen molar-refractivity contribution < 1.29 is 4.79 Å². The van der Waals surface area contributed by atoms with Gasteiger partial charge in [-0.15, -0.1) is 22.7 Å². The lowest BCUT2D eigenvalue weighted by Crippen LogP contribution is -1.89. The van der Waals surface area contributed by atoms with E-state index in [4.69, 9.17) is 0 Å². The summed E-state index contributed by atoms with van der Waals surface area (Å²) in [5, 5.41) is 4.05. The monoisotopic (exact) mass is 234 g/mol. The van der Waals surface area contributed by atoms with Crippen molar-refractivity contribution in [3.63, 3.8) is 0 Å². The molecule has 0 radical (unpaired) electrons. The van der Waals surface area contributed by atoms with E-state index in [0.717, 1.165) is 21.8 Å². The zero-order chi connectivity index (χ0) is 10.3. The number of carbonyl (C=O) groups excluding carboxylic acids is 1. The SMILES string of the molecule is O=Cc1cnc2scc(-c3cccs3)n12. The summed E-state index contributed by atoms with van der Waals surface area (Å²) in [5.41, 5.74) is 1.65. The Morgan fingerprint density at radius 2 is 2.33 bits per heavy atom. The van der Waals surface area contributed by atoms with Gasteiger partial charge in [0.1, 0.15) is 5.69 Å². The van der Waals surface area contributed by atoms with Gasteiger partial charge in [-0.3, -0.25) is 9.20 Å². The molecule has 0 aliphatic rings. The molecule has 0 aromatic carbocycles. The summed E-state index contributed by atoms with van der Waals surface area (Å²) in [6.07, 6.45) is 2.44. The van der Waals surface area contributed by atoms with Crippen molar-refractivity contribution in [2.75, 3.05) is 0 Å². The topological polar surface area (TPSA) is 34.4 Å². The predicted molar refractivity (Wildman–Crippen MR) is 61.8 cm³/mol. The maximum absolute atomic E-state index is 10.8. The number of hydrogen-bond donors (Lipinski definition) is 0. The van der Waals surface area contributed by atoms with Crippen molar-refractivity contribution in [3.8, 4) is 10.6 Å². The first-order valence-corrected chi connectivity index (χ1v) is 6.10. The summed E-state index contributed by atoms with van der Waals surface area (Å²) in [6, 6.07) is 4.04. The Hall–Kier alpha value is -1.46. The molecule has 0 aliphatic heterocycles. The van der Waals surface area contributed by atoms with E-state index in [2.05, 4.69) is 4.98 Å². The number of aromatic nitrogens is 2. The van der Waals surface area contributed by atoms with Crippen LogP contribution in [-0.4, -0.2) is 15.7 Å². The number of thiazole rings is 1. The first kappa shape index (κ1) is 8.82. The molecule has 5 heteroatoms. The van der Waals surface area contributed by atoms with Crippen LogP contribution in [0.15, 0.2) is 29.1 Å². The standard InChI is InChI=1S/C10H6N2OS2/c13-5-7-4-11-10-12(7)8(6-15-10)9-2-1-3-14-9/h1-6H. The fraction of sp³-hybridized carbons (Fsp3) is 0. The van der Waals surface area contributed by atoms with Crippen LogP contribution in [-0.2, 0) is 0 Å². The van der Waals surface area contributed by atoms with Crippen molar-refractivity contribution >= 4 is 33.9 Å². The molecule has 0 bridgehead atoms. The van der Waals surface area contributed by atoms with Crippen LogP contribution in [0.5, 0.6) is 0 Å². The molecule has 3 aromatic rings. The van der Waals surface area contributed by atoms with Crippen molar-refractivity contribution in [2.24, 2.45) is 0 Å². The van der Waals surface area contributed by atoms with Gasteiger partial charge >= 0.3 is 0 Å². The van der Waals surface area contributed by atoms with E-state index in [0.29, 0.717) is 5.69 Å². The van der Waals surface area contributed by atoms with E-state index < -0.39 is 0 Å². The molecular formula is C10H6N2OS2. The van der Waals surface area contributed by atoms with Crippen molar-refractivity contribution in [3.05, 3.63) is 34.8 Å². The molecule has 0 amide bonds. The van der Waals surface area contributed by atoms with Crippen molar-refractivity contribution in [2.45, 2.75) is 0 Å². The lowest BCUT2D eigenvalue weighted by molar-refractivity contribution is 0.111. The molecule has 0 atom stereocenters. The molecule has 0 saturated heterocycles. The highest BCUT2D eigenvalue weighted by atomic mass is 32.1. The summed E-state index contributed by atoms with van der Waals surface area (Å²) in [7, 11) is 0. The van der Waals surface area contributed by atoms with Crippen LogP contribution in [0.25, 0.3) is 15.5 Å². The molecule has 74 valence electrons. The highest BCUT2D eigenvalue weighted by molar-refractivity contribution is 7.16. The minimum atomic E-state index is 0.606. The van der Waals surface area contributed by atoms with Crippen LogP contribution >= 0.6 is 22.7 Å². The third-order valence-corrected chi connectivity index (χ3v) is 3.90. The zero-order valence-corrected chi connectivity index (χ0v) is 9.22. The van der Waals surface area contributed by atoms with Gasteiger partial charge in [0.15, 0.2) is 11.2 Å². The molecule has 3 aromatic heterocycles. The van der Waals surface area contributed by atoms with Gasteiger partial charge in [-0.05, 0) is 11.4 Å². The number of hydrogen-bond acceptors (Lipinski definition) is 4. The van der Waals surface area contributed by atoms with E-state index in [9.17, 15) is 4.79 Å². The second-order valence-corrected chi connectivity index (χ2v) is 4.80. The van der Waals surface area contributed by atoms with Crippen LogP contribution in [0.1, 0.15) is 10.5 Å². The number of nitrogens with zero attached hydrogens (tertiary/aromatic N) is 2. The quantitative estimate of drug-likeness (QED) is 0.639. The summed E-state index contributed by atoms with van der Waals surface area (Å²) in [4.78, 5) is 17.0. The summed E-state index contributed by atoms with van der Waals surface area (Å²) in [5.74, 6) is 0. The molecule has 15 heavy (non-hydrogen) atoms. The first-order valence-electron chi connectivity index (χ1n) is 4.34. The molecule has 0 fully saturated rings. The van der Waals surface area contributed by atoms with Crippen LogP contribution < -0.4 is 0 Å². The van der Waals surface area contributed by atoms with Crippen LogP contribution in [0.4, 0.5) is 0 Å². The summed E-state index contributed by atoms with van der Waals surface area (Å²) < 4.78 is 1.89. The number of imidazole rings is 1. The van der Waals surface area contributed by atoms with E-state index in [1.165, 1.54) is 0 Å². The van der Waals surface area contributed by atoms with Gasteiger partial charge in [0.25, 0.3) is 0 Å². The van der Waals surface area contributed by atoms with Crippen LogP contribution in [0, 0.1) is 0 Å². The molecule has 0 spiro atoms. The van der Waals surface area contributed by atoms with Gasteiger partial charge < -0.3 is 0 Å². The number of carbonyl (C=O) groups is 1. The van der Waals surface area contributed by atoms with E-state index in [1.807, 2.05) is 27.3 Å². The lowest BCUT2D eigenvalue weighted by atomic mass is 10.4. The molecule has 0 N–H and O–H groups in total. The largest absolute Gasteiger partial charge is 0.296 e. The zero-order valence-electron chi connectivity index (χ0n) is 7.58. The maximum atomic E-state index is 10.8. The number of fused-ring (bicyclic) bond motifs is 1. The molecule has 0 aliphatic carbocycles. The Morgan fingerprint density at radius 1 is 1.40 bits per heavy atom. The number of rotatable bonds is 2. The minimum absolute atomic E-state index is 0.606. The van der Waals surface area contributed by atoms with E-state index in [-0.39, 0.29) is 0 Å². The van der Waals surface area contributed by atoms with Crippen LogP contribution in [0.2, 0.25) is 0 Å². The molecular weight excluding hydrogens is 228 g/mol. The molecule has 3 heterocycles. The summed E-state index contributed by atoms with van der Waals surface area (Å²) >= 11 is 3.21. The van der Waals surface area contributed by atoms with E-state index in [1.54, 1.807) is 28.9 Å². The average molecular weight is 234 g/mol. The van der Waals surface area contributed by atoms with Gasteiger partial charge in [-0.25, -0.2) is 4.98 Å². The third-order valence-electron chi connectivity index (χ3n) is 2.17. The number of aldehydes is 1. The second-order valence-electron chi connectivity index (χ2n) is 3.02. The van der Waals surface area contributed by atoms with E-state index >= 15 is 0 Å². The fourth-order valence-electron chi connectivity index (χ4n) is 1.51. The predicted octanol–water partition coefficient (Wildman–Crippen LogP) is 2.94. The Morgan fingerprint density at radius 3 is 3.07 bits per heavy atom. The average Bonchev–Trinajstić information content (AvgIpc) is 2.94. The Kier molecular flexibility index (Phi) is 1.93. The number of thiophene rings is 1. The molecule has 3 rings (SSSR count). The minimum Gasteiger partial charge on any atom is -0.296 e. The fourth-order valence-corrected chi connectivity index (χ4v) is 3.19. The van der Waals surface area contributed by atoms with Crippen molar-refractivity contribution in [1.82, 2.24) is 9.38 Å². The van der Waals surface area contributed by atoms with Gasteiger partial charge in [-0.2, -0.15) is 0 Å². The molecule has 0 saturated carbocycles. The normalized spacial score (nSPS) is 10.9. The Balaban J connectivity index is 2.35. The first-order chi connectivity index (χ1) is 7.40. The highest BCUT2D eigenvalue weighted by Gasteiger charge is 2.11. The van der Waals surface area contributed by atoms with Crippen molar-refractivity contribution in [1.29, 1.82) is 0 Å². The Labute approximate surface area is 93.6 Å². The highest BCUT2D eigenvalue weighted by Crippen LogP contribution is 2.29. The lowest BCUT2D eigenvalue weighted by Gasteiger charge is -1.95.